The number of aliphatic hydroxyl groups excluding tert-OH is 1. The molecule has 0 saturated carbocycles. The number of hydrogen-bond acceptors (Lipinski definition) is 7. The number of rotatable bonds is 3. The van der Waals surface area contributed by atoms with Crippen LogP contribution in [0.4, 0.5) is 4.39 Å². The number of cyclic esters (lactones) is 1. The topological polar surface area (TPSA) is 131 Å². The van der Waals surface area contributed by atoms with Crippen LogP contribution < -0.4 is 10.9 Å². The predicted octanol–water partition coefficient (Wildman–Crippen LogP) is 2.01. The van der Waals surface area contributed by atoms with Crippen LogP contribution >= 0.6 is 0 Å². The van der Waals surface area contributed by atoms with Gasteiger partial charge in [-0.3, -0.25) is 9.59 Å². The maximum Gasteiger partial charge on any atom is 0.343 e. The van der Waals surface area contributed by atoms with Gasteiger partial charge in [-0.25, -0.2) is 14.2 Å². The Hall–Kier alpha value is -3.63. The van der Waals surface area contributed by atoms with E-state index in [1.165, 1.54) is 17.6 Å². The molecule has 0 bridgehead atoms. The van der Waals surface area contributed by atoms with E-state index in [2.05, 4.69) is 5.32 Å². The molecule has 2 aliphatic heterocycles. The fourth-order valence-corrected chi connectivity index (χ4v) is 5.99. The van der Waals surface area contributed by atoms with Gasteiger partial charge >= 0.3 is 5.97 Å². The van der Waals surface area contributed by atoms with E-state index in [-0.39, 0.29) is 30.7 Å². The summed E-state index contributed by atoms with van der Waals surface area (Å²) in [6.07, 6.45) is -0.187. The molecule has 0 spiro atoms. The van der Waals surface area contributed by atoms with Gasteiger partial charge in [-0.2, -0.15) is 0 Å². The number of hydrogen-bond donors (Lipinski definition) is 3. The number of aliphatic hydroxyl groups is 2. The molecule has 0 saturated heterocycles. The standard InChI is InChI=1S/C27H26FN3O6/c1-4-27(36)16-7-20-23-14(9-31(20)25(34)15(16)10-37-26(27)35)22-18(30-24(33)12(3)32)6-5-13-11(2)17(28)8-19(29-23)21(13)22/h7-8,12,18,32,36H,4-6,9-10H2,1-3H3,(H,30,33)/t12?,18-,27+/m1/s1. The van der Waals surface area contributed by atoms with Gasteiger partial charge in [-0.15, -0.1) is 0 Å². The van der Waals surface area contributed by atoms with Gasteiger partial charge in [0.25, 0.3) is 5.56 Å². The third-order valence-electron chi connectivity index (χ3n) is 8.07. The van der Waals surface area contributed by atoms with Crippen molar-refractivity contribution in [2.45, 2.75) is 70.9 Å². The SMILES string of the molecule is CC[C@@]1(O)C(=O)OCc2c1cc1n(c2=O)Cc2c-1nc1cc(F)c(C)c3c1c2[C@H](NC(=O)C(C)O)CC3. The van der Waals surface area contributed by atoms with E-state index < -0.39 is 41.0 Å². The van der Waals surface area contributed by atoms with Crippen LogP contribution in [0.25, 0.3) is 22.3 Å². The zero-order valence-corrected chi connectivity index (χ0v) is 20.6. The van der Waals surface area contributed by atoms with Crippen molar-refractivity contribution >= 4 is 22.8 Å². The van der Waals surface area contributed by atoms with Gasteiger partial charge < -0.3 is 24.8 Å². The van der Waals surface area contributed by atoms with Gasteiger partial charge in [0.1, 0.15) is 18.5 Å². The van der Waals surface area contributed by atoms with Crippen LogP contribution in [-0.4, -0.2) is 37.7 Å². The average molecular weight is 508 g/mol. The summed E-state index contributed by atoms with van der Waals surface area (Å²) in [5, 5.41) is 24.6. The smallest absolute Gasteiger partial charge is 0.343 e. The molecule has 3 N–H and O–H groups in total. The number of halogens is 1. The van der Waals surface area contributed by atoms with Crippen LogP contribution in [0.5, 0.6) is 0 Å². The maximum absolute atomic E-state index is 14.9. The quantitative estimate of drug-likeness (QED) is 0.362. The van der Waals surface area contributed by atoms with Crippen LogP contribution in [0.2, 0.25) is 0 Å². The number of carbonyl (C=O) groups is 2. The van der Waals surface area contributed by atoms with Crippen LogP contribution in [0, 0.1) is 12.7 Å². The Morgan fingerprint density at radius 3 is 2.78 bits per heavy atom. The van der Waals surface area contributed by atoms with Gasteiger partial charge in [0, 0.05) is 22.6 Å². The van der Waals surface area contributed by atoms with E-state index in [0.717, 1.165) is 16.5 Å². The molecule has 10 heteroatoms. The molecule has 3 aliphatic rings. The van der Waals surface area contributed by atoms with Crippen LogP contribution in [0.1, 0.15) is 66.1 Å². The van der Waals surface area contributed by atoms with Crippen molar-refractivity contribution in [1.82, 2.24) is 14.9 Å². The molecule has 1 amide bonds. The molecule has 3 atom stereocenters. The van der Waals surface area contributed by atoms with Gasteiger partial charge in [0.15, 0.2) is 5.60 Å². The third kappa shape index (κ3) is 3.15. The molecule has 1 aliphatic carbocycles. The Morgan fingerprint density at radius 2 is 2.08 bits per heavy atom. The fraction of sp³-hybridized carbons (Fsp3) is 0.407. The first kappa shape index (κ1) is 23.7. The highest BCUT2D eigenvalue weighted by Gasteiger charge is 2.46. The second-order valence-corrected chi connectivity index (χ2v) is 10.1. The summed E-state index contributed by atoms with van der Waals surface area (Å²) < 4.78 is 21.6. The lowest BCUT2D eigenvalue weighted by Gasteiger charge is -2.31. The number of pyridine rings is 2. The van der Waals surface area contributed by atoms with Gasteiger partial charge in [-0.05, 0) is 55.9 Å². The molecular weight excluding hydrogens is 481 g/mol. The molecule has 3 aromatic rings. The number of ether oxygens (including phenoxy) is 1. The van der Waals surface area contributed by atoms with Gasteiger partial charge in [0.2, 0.25) is 5.91 Å². The zero-order valence-electron chi connectivity index (χ0n) is 20.6. The summed E-state index contributed by atoms with van der Waals surface area (Å²) in [6.45, 7) is 4.65. The van der Waals surface area contributed by atoms with E-state index in [0.29, 0.717) is 40.9 Å². The number of esters is 1. The van der Waals surface area contributed by atoms with E-state index in [9.17, 15) is 29.0 Å². The molecule has 1 aromatic carbocycles. The minimum absolute atomic E-state index is 0.0201. The summed E-state index contributed by atoms with van der Waals surface area (Å²) in [4.78, 5) is 43.3. The molecule has 9 nitrogen and oxygen atoms in total. The number of carbonyl (C=O) groups excluding carboxylic acids is 2. The largest absolute Gasteiger partial charge is 0.458 e. The van der Waals surface area contributed by atoms with Crippen molar-refractivity contribution in [3.8, 4) is 11.4 Å². The molecule has 0 fully saturated rings. The molecule has 192 valence electrons. The second-order valence-electron chi connectivity index (χ2n) is 10.1. The summed E-state index contributed by atoms with van der Waals surface area (Å²) >= 11 is 0. The lowest BCUT2D eigenvalue weighted by Crippen LogP contribution is -2.44. The molecule has 37 heavy (non-hydrogen) atoms. The molecule has 6 rings (SSSR count). The first-order valence-corrected chi connectivity index (χ1v) is 12.4. The molecular formula is C27H26FN3O6. The second kappa shape index (κ2) is 7.93. The van der Waals surface area contributed by atoms with E-state index >= 15 is 0 Å². The number of aryl methyl sites for hydroxylation is 1. The number of nitrogens with one attached hydrogen (secondary N) is 1. The van der Waals surface area contributed by atoms with Crippen molar-refractivity contribution in [3.63, 3.8) is 0 Å². The number of amides is 1. The first-order chi connectivity index (χ1) is 17.6. The van der Waals surface area contributed by atoms with E-state index in [4.69, 9.17) is 9.72 Å². The summed E-state index contributed by atoms with van der Waals surface area (Å²) in [6, 6.07) is 2.49. The summed E-state index contributed by atoms with van der Waals surface area (Å²) in [5.41, 5.74) is 2.07. The van der Waals surface area contributed by atoms with Crippen LogP contribution in [0.15, 0.2) is 16.9 Å². The molecule has 0 radical (unpaired) electrons. The number of nitrogens with zero attached hydrogens (tertiary/aromatic N) is 2. The molecule has 2 aromatic heterocycles. The minimum atomic E-state index is -1.96. The van der Waals surface area contributed by atoms with Crippen molar-refractivity contribution in [2.24, 2.45) is 0 Å². The van der Waals surface area contributed by atoms with Crippen molar-refractivity contribution in [2.75, 3.05) is 0 Å². The molecule has 4 heterocycles. The Kier molecular flexibility index (Phi) is 5.09. The lowest BCUT2D eigenvalue weighted by atomic mass is 9.81. The van der Waals surface area contributed by atoms with Crippen LogP contribution in [-0.2, 0) is 39.5 Å². The predicted molar refractivity (Wildman–Crippen MR) is 130 cm³/mol. The van der Waals surface area contributed by atoms with Crippen molar-refractivity contribution in [3.05, 3.63) is 61.7 Å². The number of fused-ring (bicyclic) bond motifs is 5. The third-order valence-corrected chi connectivity index (χ3v) is 8.07. The highest BCUT2D eigenvalue weighted by molar-refractivity contribution is 5.94. The Bertz CT molecular complexity index is 1610. The maximum atomic E-state index is 14.9. The lowest BCUT2D eigenvalue weighted by molar-refractivity contribution is -0.172. The van der Waals surface area contributed by atoms with Gasteiger partial charge in [0.05, 0.1) is 35.1 Å². The first-order valence-electron chi connectivity index (χ1n) is 12.4. The fourth-order valence-electron chi connectivity index (χ4n) is 5.99. The highest BCUT2D eigenvalue weighted by Crippen LogP contribution is 2.45. The normalized spacial score (nSPS) is 22.2. The highest BCUT2D eigenvalue weighted by atomic mass is 19.1. The average Bonchev–Trinajstić information content (AvgIpc) is 3.24. The molecule has 1 unspecified atom stereocenters. The van der Waals surface area contributed by atoms with E-state index in [1.807, 2.05) is 0 Å². The van der Waals surface area contributed by atoms with Crippen molar-refractivity contribution in [1.29, 1.82) is 0 Å². The number of aromatic nitrogens is 2. The van der Waals surface area contributed by atoms with Crippen molar-refractivity contribution < 1.29 is 28.9 Å². The Balaban J connectivity index is 1.65. The minimum Gasteiger partial charge on any atom is -0.458 e. The summed E-state index contributed by atoms with van der Waals surface area (Å²) in [7, 11) is 0. The van der Waals surface area contributed by atoms with Gasteiger partial charge in [-0.1, -0.05) is 6.92 Å². The monoisotopic (exact) mass is 507 g/mol. The number of benzene rings is 1. The van der Waals surface area contributed by atoms with E-state index in [1.54, 1.807) is 19.9 Å². The zero-order chi connectivity index (χ0) is 26.4. The van der Waals surface area contributed by atoms with Crippen LogP contribution in [0.3, 0.4) is 0 Å². The summed E-state index contributed by atoms with van der Waals surface area (Å²) in [5.74, 6) is -1.73. The Morgan fingerprint density at radius 1 is 1.32 bits per heavy atom. The Labute approximate surface area is 210 Å².